The molecular formula is C40H50BrN3O7. The highest BCUT2D eigenvalue weighted by Gasteiger charge is 2.77. The summed E-state index contributed by atoms with van der Waals surface area (Å²) in [6.07, 6.45) is 4.20. The molecule has 2 N–H and O–H groups in total. The number of hydrogen-bond donors (Lipinski definition) is 2. The van der Waals surface area contributed by atoms with E-state index in [9.17, 15) is 19.5 Å². The van der Waals surface area contributed by atoms with Crippen molar-refractivity contribution in [2.24, 2.45) is 17.8 Å². The van der Waals surface area contributed by atoms with E-state index < -0.39 is 53.5 Å². The number of nitrogens with one attached hydrogen (secondary N) is 1. The number of halogens is 1. The van der Waals surface area contributed by atoms with Gasteiger partial charge in [0.05, 0.1) is 36.6 Å². The van der Waals surface area contributed by atoms with Gasteiger partial charge in [0, 0.05) is 23.5 Å². The van der Waals surface area contributed by atoms with Crippen molar-refractivity contribution in [3.05, 3.63) is 90.5 Å². The molecule has 10 nitrogen and oxygen atoms in total. The van der Waals surface area contributed by atoms with Gasteiger partial charge in [-0.3, -0.25) is 19.2 Å². The van der Waals surface area contributed by atoms with Gasteiger partial charge >= 0.3 is 5.97 Å². The fraction of sp³-hybridized carbons (Fsp3) is 0.500. The molecule has 274 valence electrons. The first-order valence-electron chi connectivity index (χ1n) is 17.8. The van der Waals surface area contributed by atoms with E-state index in [1.54, 1.807) is 17.1 Å². The van der Waals surface area contributed by atoms with Crippen LogP contribution < -0.4 is 10.2 Å². The number of hydrogen-bond acceptors (Lipinski definition) is 7. The van der Waals surface area contributed by atoms with Crippen LogP contribution >= 0.6 is 15.9 Å². The van der Waals surface area contributed by atoms with Gasteiger partial charge in [-0.15, -0.1) is 13.2 Å². The largest absolute Gasteiger partial charge is 0.463 e. The second-order valence-corrected chi connectivity index (χ2v) is 15.2. The number of rotatable bonds is 16. The molecule has 51 heavy (non-hydrogen) atoms. The number of aliphatic hydroxyl groups excluding tert-OH is 1. The number of aliphatic hydroxyl groups is 1. The topological polar surface area (TPSA) is 125 Å². The number of likely N-dealkylation sites (tertiary alicyclic amines) is 1. The van der Waals surface area contributed by atoms with Gasteiger partial charge in [0.1, 0.15) is 18.2 Å². The van der Waals surface area contributed by atoms with Crippen molar-refractivity contribution < 1.29 is 33.8 Å². The van der Waals surface area contributed by atoms with Gasteiger partial charge in [0.25, 0.3) is 5.91 Å². The number of nitrogens with zero attached hydrogens (tertiary/aromatic N) is 2. The molecule has 1 unspecified atom stereocenters. The Balaban J connectivity index is 1.55. The molecule has 3 aliphatic rings. The first-order valence-corrected chi connectivity index (χ1v) is 18.7. The van der Waals surface area contributed by atoms with Crippen molar-refractivity contribution in [1.82, 2.24) is 10.2 Å². The van der Waals surface area contributed by atoms with E-state index >= 15 is 4.79 Å². The quantitative estimate of drug-likeness (QED) is 0.134. The second-order valence-electron chi connectivity index (χ2n) is 14.1. The SMILES string of the molecule is C=CCCC(=O)OC[C@H](NC(=O)[C@@H]1[C@H]2O[C@@]3(CC2Br)[C@H](C(=O)N(CC=C)c2cc(C)ccc2C)N([C@@H](CO)[C@@H](C)CC)C(=O)[C@@H]13)c1ccccc1. The van der Waals surface area contributed by atoms with Crippen LogP contribution in [-0.4, -0.2) is 82.1 Å². The van der Waals surface area contributed by atoms with Gasteiger partial charge in [-0.25, -0.2) is 0 Å². The maximum Gasteiger partial charge on any atom is 0.306 e. The molecule has 0 aromatic heterocycles. The smallest absolute Gasteiger partial charge is 0.306 e. The molecule has 0 aliphatic carbocycles. The van der Waals surface area contributed by atoms with Crippen LogP contribution in [0, 0.1) is 31.6 Å². The molecule has 11 heteroatoms. The molecule has 3 heterocycles. The van der Waals surface area contributed by atoms with Crippen LogP contribution in [0.3, 0.4) is 0 Å². The zero-order valence-corrected chi connectivity index (χ0v) is 31.5. The number of aryl methyl sites for hydroxylation is 2. The highest BCUT2D eigenvalue weighted by atomic mass is 79.9. The first kappa shape index (κ1) is 38.4. The third kappa shape index (κ3) is 7.30. The number of benzene rings is 2. The van der Waals surface area contributed by atoms with Crippen LogP contribution in [0.25, 0.3) is 0 Å². The van der Waals surface area contributed by atoms with Gasteiger partial charge < -0.3 is 29.7 Å². The molecule has 9 atom stereocenters. The molecule has 2 aromatic carbocycles. The average Bonchev–Trinajstić information content (AvgIpc) is 3.72. The molecule has 1 spiro atoms. The Morgan fingerprint density at radius 2 is 1.90 bits per heavy atom. The summed E-state index contributed by atoms with van der Waals surface area (Å²) in [5.41, 5.74) is 1.93. The van der Waals surface area contributed by atoms with Crippen molar-refractivity contribution in [2.45, 2.75) is 88.0 Å². The number of carbonyl (C=O) groups excluding carboxylic acids is 4. The molecule has 2 aromatic rings. The minimum atomic E-state index is -1.34. The standard InChI is InChI=1S/C40H50BrN3O7/c1-7-10-16-32(46)50-23-29(27-14-12-11-13-15-27)42-37(47)33-34-38(48)44(31(22-45)25(5)9-3)36(40(34)21-28(41)35(33)51-40)39(49)43(19-8-2)30-20-24(4)17-18-26(30)6/h7-8,11-15,17-18,20,25,28-29,31,33-36,45H,1-2,9-10,16,19,21-23H2,3-6H3,(H,42,47)/t25-,28?,29-,31-,33-,34+,35-,36-,40+/m0/s1. The number of anilines is 1. The lowest BCUT2D eigenvalue weighted by Crippen LogP contribution is -2.60. The summed E-state index contributed by atoms with van der Waals surface area (Å²) >= 11 is 3.76. The highest BCUT2D eigenvalue weighted by Crippen LogP contribution is 2.61. The minimum absolute atomic E-state index is 0.105. The van der Waals surface area contributed by atoms with Crippen molar-refractivity contribution in [2.75, 3.05) is 24.7 Å². The van der Waals surface area contributed by atoms with Crippen LogP contribution in [0.15, 0.2) is 73.8 Å². The number of alkyl halides is 1. The average molecular weight is 765 g/mol. The summed E-state index contributed by atoms with van der Waals surface area (Å²) in [6, 6.07) is 12.6. The fourth-order valence-electron chi connectivity index (χ4n) is 8.05. The third-order valence-electron chi connectivity index (χ3n) is 10.8. The van der Waals surface area contributed by atoms with Crippen LogP contribution in [-0.2, 0) is 28.7 Å². The number of fused-ring (bicyclic) bond motifs is 1. The summed E-state index contributed by atoms with van der Waals surface area (Å²) in [5.74, 6) is -3.68. The monoisotopic (exact) mass is 763 g/mol. The Hall–Kier alpha value is -3.80. The molecule has 3 aliphatic heterocycles. The van der Waals surface area contributed by atoms with E-state index in [0.29, 0.717) is 24.9 Å². The molecule has 5 rings (SSSR count). The Morgan fingerprint density at radius 1 is 1.18 bits per heavy atom. The van der Waals surface area contributed by atoms with Crippen LogP contribution in [0.4, 0.5) is 5.69 Å². The third-order valence-corrected chi connectivity index (χ3v) is 11.7. The molecule has 3 amide bonds. The predicted molar refractivity (Wildman–Crippen MR) is 199 cm³/mol. The molecule has 3 fully saturated rings. The Bertz CT molecular complexity index is 1630. The van der Waals surface area contributed by atoms with Gasteiger partial charge in [0.15, 0.2) is 0 Å². The minimum Gasteiger partial charge on any atom is -0.463 e. The van der Waals surface area contributed by atoms with E-state index in [0.717, 1.165) is 16.7 Å². The summed E-state index contributed by atoms with van der Waals surface area (Å²) < 4.78 is 12.4. The molecule has 0 saturated carbocycles. The van der Waals surface area contributed by atoms with Crippen LogP contribution in [0.2, 0.25) is 0 Å². The van der Waals surface area contributed by atoms with E-state index in [1.807, 2.05) is 76.2 Å². The van der Waals surface area contributed by atoms with Crippen molar-refractivity contribution in [3.8, 4) is 0 Å². The van der Waals surface area contributed by atoms with Crippen molar-refractivity contribution in [3.63, 3.8) is 0 Å². The van der Waals surface area contributed by atoms with Crippen molar-refractivity contribution >= 4 is 45.3 Å². The number of amides is 3. The van der Waals surface area contributed by atoms with Crippen LogP contribution in [0.5, 0.6) is 0 Å². The van der Waals surface area contributed by atoms with Crippen molar-refractivity contribution in [1.29, 1.82) is 0 Å². The highest BCUT2D eigenvalue weighted by molar-refractivity contribution is 9.09. The zero-order valence-electron chi connectivity index (χ0n) is 29.9. The Kier molecular flexibility index (Phi) is 12.2. The summed E-state index contributed by atoms with van der Waals surface area (Å²) in [7, 11) is 0. The van der Waals surface area contributed by atoms with Gasteiger partial charge in [0.2, 0.25) is 11.8 Å². The first-order chi connectivity index (χ1) is 24.4. The van der Waals surface area contributed by atoms with E-state index in [4.69, 9.17) is 9.47 Å². The lowest BCUT2D eigenvalue weighted by Gasteiger charge is -2.41. The summed E-state index contributed by atoms with van der Waals surface area (Å²) in [4.78, 5) is 59.9. The van der Waals surface area contributed by atoms with E-state index in [-0.39, 0.29) is 48.7 Å². The number of carbonyl (C=O) groups is 4. The maximum atomic E-state index is 15.1. The number of allylic oxidation sites excluding steroid dienone is 1. The van der Waals surface area contributed by atoms with Gasteiger partial charge in [-0.2, -0.15) is 0 Å². The van der Waals surface area contributed by atoms with Crippen LogP contribution in [0.1, 0.15) is 62.3 Å². The fourth-order valence-corrected chi connectivity index (χ4v) is 9.00. The maximum absolute atomic E-state index is 15.1. The van der Waals surface area contributed by atoms with Gasteiger partial charge in [-0.1, -0.05) is 90.8 Å². The van der Waals surface area contributed by atoms with Gasteiger partial charge in [-0.05, 0) is 55.4 Å². The number of ether oxygens (including phenoxy) is 2. The summed E-state index contributed by atoms with van der Waals surface area (Å²) in [6.45, 7) is 15.1. The lowest BCUT2D eigenvalue weighted by atomic mass is 9.70. The molecular weight excluding hydrogens is 714 g/mol. The number of esters is 1. The normalized spacial score (nSPS) is 26.6. The molecule has 0 radical (unpaired) electrons. The Morgan fingerprint density at radius 3 is 2.55 bits per heavy atom. The lowest BCUT2D eigenvalue weighted by molar-refractivity contribution is -0.147. The zero-order chi connectivity index (χ0) is 37.0. The predicted octanol–water partition coefficient (Wildman–Crippen LogP) is 5.34. The summed E-state index contributed by atoms with van der Waals surface area (Å²) in [5, 5.41) is 13.9. The Labute approximate surface area is 309 Å². The molecule has 3 saturated heterocycles. The van der Waals surface area contributed by atoms with E-state index in [1.165, 1.54) is 4.90 Å². The van der Waals surface area contributed by atoms with E-state index in [2.05, 4.69) is 34.4 Å². The molecule has 2 bridgehead atoms. The second kappa shape index (κ2) is 16.3.